The van der Waals surface area contributed by atoms with E-state index >= 15 is 0 Å². The molecule has 0 saturated heterocycles. The minimum atomic E-state index is -4.60. The second-order valence-corrected chi connectivity index (χ2v) is 4.56. The van der Waals surface area contributed by atoms with Crippen LogP contribution in [0.5, 0.6) is 0 Å². The summed E-state index contributed by atoms with van der Waals surface area (Å²) in [5, 5.41) is 10.7. The SMILES string of the molecule is CCN(c1ccccc1)c1ccc2nnc(C(F)(F)F)n2n1. The summed E-state index contributed by atoms with van der Waals surface area (Å²) in [5.41, 5.74) is 0.902. The van der Waals surface area contributed by atoms with Crippen LogP contribution in [0.4, 0.5) is 24.7 Å². The summed E-state index contributed by atoms with van der Waals surface area (Å²) in [7, 11) is 0. The van der Waals surface area contributed by atoms with Gasteiger partial charge >= 0.3 is 6.18 Å². The van der Waals surface area contributed by atoms with Gasteiger partial charge in [0.1, 0.15) is 0 Å². The van der Waals surface area contributed by atoms with Gasteiger partial charge in [0.25, 0.3) is 5.82 Å². The van der Waals surface area contributed by atoms with Gasteiger partial charge in [-0.25, -0.2) is 0 Å². The predicted octanol–water partition coefficient (Wildman–Crippen LogP) is 3.30. The number of aromatic nitrogens is 4. The molecular weight excluding hydrogens is 295 g/mol. The molecule has 22 heavy (non-hydrogen) atoms. The van der Waals surface area contributed by atoms with Gasteiger partial charge in [0, 0.05) is 12.2 Å². The van der Waals surface area contributed by atoms with Crippen molar-refractivity contribution in [2.24, 2.45) is 0 Å². The normalized spacial score (nSPS) is 11.8. The third kappa shape index (κ3) is 2.47. The van der Waals surface area contributed by atoms with Crippen LogP contribution in [-0.4, -0.2) is 26.4 Å². The maximum Gasteiger partial charge on any atom is 0.453 e. The van der Waals surface area contributed by atoms with Crippen LogP contribution in [0, 0.1) is 0 Å². The highest BCUT2D eigenvalue weighted by Gasteiger charge is 2.37. The van der Waals surface area contributed by atoms with Crippen LogP contribution in [-0.2, 0) is 6.18 Å². The van der Waals surface area contributed by atoms with Gasteiger partial charge in [-0.3, -0.25) is 0 Å². The van der Waals surface area contributed by atoms with E-state index < -0.39 is 12.0 Å². The molecule has 0 aliphatic carbocycles. The molecule has 114 valence electrons. The van der Waals surface area contributed by atoms with Crippen molar-refractivity contribution in [2.75, 3.05) is 11.4 Å². The lowest BCUT2D eigenvalue weighted by molar-refractivity contribution is -0.146. The van der Waals surface area contributed by atoms with Crippen LogP contribution in [0.2, 0.25) is 0 Å². The Morgan fingerprint density at radius 1 is 1.05 bits per heavy atom. The Bertz CT molecular complexity index is 782. The fourth-order valence-corrected chi connectivity index (χ4v) is 2.18. The zero-order valence-corrected chi connectivity index (χ0v) is 11.6. The summed E-state index contributed by atoms with van der Waals surface area (Å²) < 4.78 is 39.5. The first-order chi connectivity index (χ1) is 10.5. The van der Waals surface area contributed by atoms with Crippen LogP contribution in [0.3, 0.4) is 0 Å². The summed E-state index contributed by atoms with van der Waals surface area (Å²) in [5.74, 6) is -0.736. The number of fused-ring (bicyclic) bond motifs is 1. The van der Waals surface area contributed by atoms with Crippen molar-refractivity contribution in [3.63, 3.8) is 0 Å². The highest BCUT2D eigenvalue weighted by Crippen LogP contribution is 2.29. The second kappa shape index (κ2) is 5.28. The highest BCUT2D eigenvalue weighted by molar-refractivity contribution is 5.60. The van der Waals surface area contributed by atoms with Gasteiger partial charge < -0.3 is 4.90 Å². The number of benzene rings is 1. The molecule has 0 radical (unpaired) electrons. The standard InChI is InChI=1S/C14H12F3N5/c1-2-21(10-6-4-3-5-7-10)12-9-8-11-18-19-13(14(15,16)17)22(11)20-12/h3-9H,2H2,1H3. The molecule has 0 N–H and O–H groups in total. The Morgan fingerprint density at radius 3 is 2.41 bits per heavy atom. The minimum absolute atomic E-state index is 0.0557. The monoisotopic (exact) mass is 307 g/mol. The minimum Gasteiger partial charge on any atom is -0.325 e. The van der Waals surface area contributed by atoms with Crippen molar-refractivity contribution in [3.8, 4) is 0 Å². The summed E-state index contributed by atoms with van der Waals surface area (Å²) in [4.78, 5) is 1.81. The van der Waals surface area contributed by atoms with Crippen molar-refractivity contribution in [3.05, 3.63) is 48.3 Å². The van der Waals surface area contributed by atoms with Crippen LogP contribution in [0.25, 0.3) is 5.65 Å². The zero-order chi connectivity index (χ0) is 15.7. The Kier molecular flexibility index (Phi) is 3.44. The highest BCUT2D eigenvalue weighted by atomic mass is 19.4. The van der Waals surface area contributed by atoms with Crippen molar-refractivity contribution >= 4 is 17.2 Å². The van der Waals surface area contributed by atoms with E-state index in [1.54, 1.807) is 11.0 Å². The first kappa shape index (κ1) is 14.3. The summed E-state index contributed by atoms with van der Waals surface area (Å²) in [6.45, 7) is 2.46. The number of anilines is 2. The Labute approximate surface area is 124 Å². The number of alkyl halides is 3. The number of rotatable bonds is 3. The lowest BCUT2D eigenvalue weighted by Gasteiger charge is -2.21. The summed E-state index contributed by atoms with van der Waals surface area (Å²) in [6.07, 6.45) is -4.60. The summed E-state index contributed by atoms with van der Waals surface area (Å²) in [6, 6.07) is 12.4. The molecule has 0 aliphatic rings. The molecule has 0 saturated carbocycles. The zero-order valence-electron chi connectivity index (χ0n) is 11.6. The molecule has 0 unspecified atom stereocenters. The van der Waals surface area contributed by atoms with Gasteiger partial charge in [0.15, 0.2) is 11.5 Å². The summed E-state index contributed by atoms with van der Waals surface area (Å²) >= 11 is 0. The average Bonchev–Trinajstić information content (AvgIpc) is 2.92. The lowest BCUT2D eigenvalue weighted by Crippen LogP contribution is -2.19. The van der Waals surface area contributed by atoms with Crippen molar-refractivity contribution in [2.45, 2.75) is 13.1 Å². The van der Waals surface area contributed by atoms with E-state index in [0.29, 0.717) is 12.4 Å². The van der Waals surface area contributed by atoms with Crippen LogP contribution < -0.4 is 4.90 Å². The molecule has 0 atom stereocenters. The van der Waals surface area contributed by atoms with Gasteiger partial charge in [-0.1, -0.05) is 18.2 Å². The molecule has 3 aromatic rings. The first-order valence-electron chi connectivity index (χ1n) is 6.63. The largest absolute Gasteiger partial charge is 0.453 e. The molecule has 0 bridgehead atoms. The first-order valence-corrected chi connectivity index (χ1v) is 6.63. The van der Waals surface area contributed by atoms with Gasteiger partial charge in [0.05, 0.1) is 0 Å². The molecule has 2 aromatic heterocycles. The van der Waals surface area contributed by atoms with Gasteiger partial charge in [-0.05, 0) is 31.2 Å². The van der Waals surface area contributed by atoms with Gasteiger partial charge in [-0.2, -0.15) is 17.7 Å². The quantitative estimate of drug-likeness (QED) is 0.745. The third-order valence-electron chi connectivity index (χ3n) is 3.16. The molecule has 2 heterocycles. The molecule has 0 fully saturated rings. The number of nitrogens with zero attached hydrogens (tertiary/aromatic N) is 5. The van der Waals surface area contributed by atoms with E-state index in [-0.39, 0.29) is 5.65 Å². The molecule has 1 aromatic carbocycles. The number of hydrogen-bond donors (Lipinski definition) is 0. The van der Waals surface area contributed by atoms with Gasteiger partial charge in [0.2, 0.25) is 0 Å². The molecular formula is C14H12F3N5. The molecule has 0 amide bonds. The number of para-hydroxylation sites is 1. The Balaban J connectivity index is 2.11. The van der Waals surface area contributed by atoms with Crippen LogP contribution in [0.1, 0.15) is 12.7 Å². The lowest BCUT2D eigenvalue weighted by atomic mass is 10.3. The molecule has 5 nitrogen and oxygen atoms in total. The predicted molar refractivity (Wildman–Crippen MR) is 74.9 cm³/mol. The number of hydrogen-bond acceptors (Lipinski definition) is 4. The fraction of sp³-hybridized carbons (Fsp3) is 0.214. The topological polar surface area (TPSA) is 46.3 Å². The van der Waals surface area contributed by atoms with E-state index in [9.17, 15) is 13.2 Å². The van der Waals surface area contributed by atoms with E-state index in [4.69, 9.17) is 0 Å². The van der Waals surface area contributed by atoms with Crippen molar-refractivity contribution < 1.29 is 13.2 Å². The maximum absolute atomic E-state index is 12.9. The smallest absolute Gasteiger partial charge is 0.325 e. The molecule has 3 rings (SSSR count). The third-order valence-corrected chi connectivity index (χ3v) is 3.16. The van der Waals surface area contributed by atoms with E-state index in [2.05, 4.69) is 15.3 Å². The Morgan fingerprint density at radius 2 is 1.77 bits per heavy atom. The van der Waals surface area contributed by atoms with Crippen LogP contribution >= 0.6 is 0 Å². The van der Waals surface area contributed by atoms with Crippen molar-refractivity contribution in [1.29, 1.82) is 0 Å². The van der Waals surface area contributed by atoms with E-state index in [0.717, 1.165) is 10.2 Å². The maximum atomic E-state index is 12.9. The fourth-order valence-electron chi connectivity index (χ4n) is 2.18. The molecule has 0 aliphatic heterocycles. The average molecular weight is 307 g/mol. The van der Waals surface area contributed by atoms with E-state index in [1.165, 1.54) is 6.07 Å². The Hall–Kier alpha value is -2.64. The number of halogens is 3. The van der Waals surface area contributed by atoms with Crippen molar-refractivity contribution in [1.82, 2.24) is 19.8 Å². The van der Waals surface area contributed by atoms with Crippen LogP contribution in [0.15, 0.2) is 42.5 Å². The van der Waals surface area contributed by atoms with Gasteiger partial charge in [-0.15, -0.1) is 15.3 Å². The van der Waals surface area contributed by atoms with E-state index in [1.807, 2.05) is 37.3 Å². The second-order valence-electron chi connectivity index (χ2n) is 4.56. The molecule has 0 spiro atoms. The molecule has 8 heteroatoms.